The van der Waals surface area contributed by atoms with E-state index in [1.165, 1.54) is 0 Å². The first-order valence-electron chi connectivity index (χ1n) is 7.11. The van der Waals surface area contributed by atoms with Gasteiger partial charge in [-0.05, 0) is 50.5 Å². The smallest absolute Gasteiger partial charge is 0.244 e. The molecule has 0 radical (unpaired) electrons. The van der Waals surface area contributed by atoms with Gasteiger partial charge in [-0.2, -0.15) is 4.31 Å². The Morgan fingerprint density at radius 3 is 2.57 bits per heavy atom. The lowest BCUT2D eigenvalue weighted by Gasteiger charge is -2.41. The highest BCUT2D eigenvalue weighted by molar-refractivity contribution is 7.89. The van der Waals surface area contributed by atoms with Gasteiger partial charge in [0.15, 0.2) is 0 Å². The van der Waals surface area contributed by atoms with Gasteiger partial charge < -0.3 is 10.5 Å². The molecular weight excluding hydrogens is 288 g/mol. The van der Waals surface area contributed by atoms with Gasteiger partial charge in [-0.1, -0.05) is 6.07 Å². The molecule has 0 unspecified atom stereocenters. The zero-order valence-corrected chi connectivity index (χ0v) is 14.0. The van der Waals surface area contributed by atoms with E-state index in [1.807, 2.05) is 33.8 Å². The number of benzene rings is 1. The lowest BCUT2D eigenvalue weighted by atomic mass is 10.1. The zero-order chi connectivity index (χ0) is 15.8. The third-order valence-corrected chi connectivity index (χ3v) is 6.29. The van der Waals surface area contributed by atoms with Crippen LogP contribution in [0.4, 0.5) is 0 Å². The molecule has 1 aliphatic rings. The van der Waals surface area contributed by atoms with E-state index in [4.69, 9.17) is 10.5 Å². The van der Waals surface area contributed by atoms with Gasteiger partial charge >= 0.3 is 0 Å². The van der Waals surface area contributed by atoms with Crippen LogP contribution >= 0.6 is 0 Å². The van der Waals surface area contributed by atoms with E-state index in [-0.39, 0.29) is 0 Å². The predicted octanol–water partition coefficient (Wildman–Crippen LogP) is 1.56. The number of aryl methyl sites for hydroxylation is 1. The molecule has 118 valence electrons. The van der Waals surface area contributed by atoms with Crippen LogP contribution in [-0.4, -0.2) is 38.0 Å². The van der Waals surface area contributed by atoms with Crippen LogP contribution in [0.5, 0.6) is 0 Å². The molecule has 0 bridgehead atoms. The highest BCUT2D eigenvalue weighted by Crippen LogP contribution is 2.30. The second-order valence-corrected chi connectivity index (χ2v) is 8.01. The van der Waals surface area contributed by atoms with Crippen LogP contribution in [0.15, 0.2) is 17.0 Å². The van der Waals surface area contributed by atoms with Crippen molar-refractivity contribution in [1.82, 2.24) is 4.31 Å². The van der Waals surface area contributed by atoms with E-state index in [2.05, 4.69) is 0 Å². The summed E-state index contributed by atoms with van der Waals surface area (Å²) in [5.74, 6) is 0. The van der Waals surface area contributed by atoms with Crippen LogP contribution in [0.3, 0.4) is 0 Å². The summed E-state index contributed by atoms with van der Waals surface area (Å²) in [7, 11) is -3.56. The Hall–Kier alpha value is -0.950. The summed E-state index contributed by atoms with van der Waals surface area (Å²) < 4.78 is 33.1. The molecule has 21 heavy (non-hydrogen) atoms. The SMILES string of the molecule is Cc1cc(CN)cc(S(=O)(=O)N2CCOCC2(C)C)c1C. The first kappa shape index (κ1) is 16.4. The fraction of sp³-hybridized carbons (Fsp3) is 0.600. The van der Waals surface area contributed by atoms with Crippen molar-refractivity contribution < 1.29 is 13.2 Å². The Morgan fingerprint density at radius 2 is 2.00 bits per heavy atom. The summed E-state index contributed by atoms with van der Waals surface area (Å²) in [5, 5.41) is 0. The van der Waals surface area contributed by atoms with Crippen molar-refractivity contribution in [1.29, 1.82) is 0 Å². The molecule has 1 saturated heterocycles. The van der Waals surface area contributed by atoms with Crippen molar-refractivity contribution in [3.8, 4) is 0 Å². The van der Waals surface area contributed by atoms with Gasteiger partial charge in [0.25, 0.3) is 0 Å². The maximum absolute atomic E-state index is 13.1. The van der Waals surface area contributed by atoms with Crippen LogP contribution < -0.4 is 5.73 Å². The topological polar surface area (TPSA) is 72.6 Å². The number of morpholine rings is 1. The Labute approximate surface area is 127 Å². The summed E-state index contributed by atoms with van der Waals surface area (Å²) in [6.07, 6.45) is 0. The lowest BCUT2D eigenvalue weighted by Crippen LogP contribution is -2.55. The van der Waals surface area contributed by atoms with Crippen LogP contribution in [0.2, 0.25) is 0 Å². The zero-order valence-electron chi connectivity index (χ0n) is 13.1. The molecule has 2 rings (SSSR count). The molecule has 0 aromatic heterocycles. The van der Waals surface area contributed by atoms with Gasteiger partial charge in [0.2, 0.25) is 10.0 Å². The molecule has 0 spiro atoms. The van der Waals surface area contributed by atoms with Crippen LogP contribution in [0.25, 0.3) is 0 Å². The standard InChI is InChI=1S/C15H24N2O3S/c1-11-7-13(9-16)8-14(12(11)2)21(18,19)17-5-6-20-10-15(17,3)4/h7-8H,5-6,9-10,16H2,1-4H3. The summed E-state index contributed by atoms with van der Waals surface area (Å²) in [4.78, 5) is 0.359. The molecular formula is C15H24N2O3S. The lowest BCUT2D eigenvalue weighted by molar-refractivity contribution is -0.00772. The fourth-order valence-corrected chi connectivity index (χ4v) is 4.80. The largest absolute Gasteiger partial charge is 0.378 e. The third kappa shape index (κ3) is 2.99. The molecule has 1 fully saturated rings. The van der Waals surface area contributed by atoms with Gasteiger partial charge in [-0.15, -0.1) is 0 Å². The van der Waals surface area contributed by atoms with Gasteiger partial charge in [0, 0.05) is 13.1 Å². The van der Waals surface area contributed by atoms with E-state index < -0.39 is 15.6 Å². The summed E-state index contributed by atoms with van der Waals surface area (Å²) in [6, 6.07) is 3.64. The number of nitrogens with two attached hydrogens (primary N) is 1. The van der Waals surface area contributed by atoms with Crippen LogP contribution in [-0.2, 0) is 21.3 Å². The minimum Gasteiger partial charge on any atom is -0.378 e. The molecule has 6 heteroatoms. The Kier molecular flexibility index (Phi) is 4.44. The molecule has 0 amide bonds. The van der Waals surface area contributed by atoms with Crippen molar-refractivity contribution in [3.05, 3.63) is 28.8 Å². The van der Waals surface area contributed by atoms with E-state index >= 15 is 0 Å². The number of hydrogen-bond donors (Lipinski definition) is 1. The highest BCUT2D eigenvalue weighted by atomic mass is 32.2. The number of ether oxygens (including phenoxy) is 1. The number of rotatable bonds is 3. The molecule has 0 saturated carbocycles. The van der Waals surface area contributed by atoms with Gasteiger partial charge in [-0.25, -0.2) is 8.42 Å². The Bertz CT molecular complexity index is 639. The van der Waals surface area contributed by atoms with Gasteiger partial charge in [-0.3, -0.25) is 0 Å². The molecule has 1 heterocycles. The Morgan fingerprint density at radius 1 is 1.33 bits per heavy atom. The van der Waals surface area contributed by atoms with E-state index in [9.17, 15) is 8.42 Å². The van der Waals surface area contributed by atoms with E-state index in [0.717, 1.165) is 16.7 Å². The second kappa shape index (κ2) is 5.68. The number of hydrogen-bond acceptors (Lipinski definition) is 4. The molecule has 1 aromatic carbocycles. The first-order chi connectivity index (χ1) is 9.70. The van der Waals surface area contributed by atoms with Crippen LogP contribution in [0, 0.1) is 13.8 Å². The van der Waals surface area contributed by atoms with Crippen molar-refractivity contribution in [2.24, 2.45) is 5.73 Å². The minimum absolute atomic E-state index is 0.330. The van der Waals surface area contributed by atoms with Crippen molar-refractivity contribution in [2.45, 2.75) is 44.7 Å². The Balaban J connectivity index is 2.56. The summed E-state index contributed by atoms with van der Waals surface area (Å²) >= 11 is 0. The molecule has 5 nitrogen and oxygen atoms in total. The van der Waals surface area contributed by atoms with Gasteiger partial charge in [0.1, 0.15) is 0 Å². The molecule has 0 atom stereocenters. The average Bonchev–Trinajstić information content (AvgIpc) is 2.40. The van der Waals surface area contributed by atoms with Crippen molar-refractivity contribution >= 4 is 10.0 Å². The molecule has 0 aliphatic carbocycles. The third-order valence-electron chi connectivity index (χ3n) is 4.05. The minimum atomic E-state index is -3.56. The number of sulfonamides is 1. The molecule has 2 N–H and O–H groups in total. The normalized spacial score (nSPS) is 19.7. The van der Waals surface area contributed by atoms with Crippen molar-refractivity contribution in [2.75, 3.05) is 19.8 Å². The average molecular weight is 312 g/mol. The van der Waals surface area contributed by atoms with E-state index in [0.29, 0.717) is 31.2 Å². The fourth-order valence-electron chi connectivity index (χ4n) is 2.69. The van der Waals surface area contributed by atoms with Gasteiger partial charge in [0.05, 0.1) is 23.6 Å². The van der Waals surface area contributed by atoms with Crippen LogP contribution in [0.1, 0.15) is 30.5 Å². The summed E-state index contributed by atoms with van der Waals surface area (Å²) in [5.41, 5.74) is 7.71. The highest BCUT2D eigenvalue weighted by Gasteiger charge is 2.40. The predicted molar refractivity (Wildman–Crippen MR) is 82.6 cm³/mol. The first-order valence-corrected chi connectivity index (χ1v) is 8.55. The maximum atomic E-state index is 13.1. The molecule has 1 aromatic rings. The number of nitrogens with zero attached hydrogens (tertiary/aromatic N) is 1. The monoisotopic (exact) mass is 312 g/mol. The summed E-state index contributed by atoms with van der Waals surface area (Å²) in [6.45, 7) is 9.07. The quantitative estimate of drug-likeness (QED) is 0.919. The maximum Gasteiger partial charge on any atom is 0.244 e. The second-order valence-electron chi connectivity index (χ2n) is 6.18. The van der Waals surface area contributed by atoms with E-state index in [1.54, 1.807) is 10.4 Å². The van der Waals surface area contributed by atoms with Crippen molar-refractivity contribution in [3.63, 3.8) is 0 Å². The molecule has 1 aliphatic heterocycles.